The molecule has 0 N–H and O–H groups in total. The van der Waals surface area contributed by atoms with Crippen molar-refractivity contribution >= 4 is 5.91 Å². The Kier molecular flexibility index (Phi) is 4.58. The van der Waals surface area contributed by atoms with Gasteiger partial charge in [-0.25, -0.2) is 9.37 Å². The van der Waals surface area contributed by atoms with E-state index < -0.39 is 5.82 Å². The van der Waals surface area contributed by atoms with Gasteiger partial charge in [0, 0.05) is 12.6 Å². The molecule has 0 unspecified atom stereocenters. The first-order chi connectivity index (χ1) is 8.06. The second kappa shape index (κ2) is 5.94. The van der Waals surface area contributed by atoms with Crippen molar-refractivity contribution in [2.45, 2.75) is 26.3 Å². The number of carbonyl (C=O) groups is 1. The Balaban J connectivity index is 2.84. The quantitative estimate of drug-likeness (QED) is 0.801. The summed E-state index contributed by atoms with van der Waals surface area (Å²) in [6.07, 6.45) is 1.28. The Hall–Kier alpha value is -1.96. The highest BCUT2D eigenvalue weighted by Crippen LogP contribution is 2.07. The van der Waals surface area contributed by atoms with Crippen LogP contribution >= 0.6 is 0 Å². The summed E-state index contributed by atoms with van der Waals surface area (Å²) in [5.41, 5.74) is 0.193. The van der Waals surface area contributed by atoms with E-state index in [0.717, 1.165) is 6.20 Å². The molecule has 0 saturated heterocycles. The minimum absolute atomic E-state index is 0.0253. The molecule has 90 valence electrons. The van der Waals surface area contributed by atoms with E-state index >= 15 is 0 Å². The number of hydrogen-bond acceptors (Lipinski definition) is 3. The van der Waals surface area contributed by atoms with Gasteiger partial charge in [-0.05, 0) is 26.0 Å². The Morgan fingerprint density at radius 1 is 1.59 bits per heavy atom. The molecule has 5 heteroatoms. The highest BCUT2D eigenvalue weighted by atomic mass is 19.1. The van der Waals surface area contributed by atoms with Gasteiger partial charge < -0.3 is 4.90 Å². The highest BCUT2D eigenvalue weighted by molar-refractivity contribution is 5.92. The maximum Gasteiger partial charge on any atom is 0.272 e. The summed E-state index contributed by atoms with van der Waals surface area (Å²) in [5.74, 6) is -0.759. The second-order valence-electron chi connectivity index (χ2n) is 3.86. The van der Waals surface area contributed by atoms with Gasteiger partial charge in [-0.1, -0.05) is 0 Å². The average molecular weight is 235 g/mol. The third-order valence-corrected chi connectivity index (χ3v) is 2.30. The lowest BCUT2D eigenvalue weighted by molar-refractivity contribution is 0.0704. The molecule has 0 atom stereocenters. The number of pyridine rings is 1. The van der Waals surface area contributed by atoms with Crippen molar-refractivity contribution in [2.75, 3.05) is 6.54 Å². The van der Waals surface area contributed by atoms with Crippen LogP contribution in [0.1, 0.15) is 30.8 Å². The molecule has 1 aromatic rings. The number of nitrogens with zero attached hydrogens (tertiary/aromatic N) is 3. The minimum atomic E-state index is -0.477. The molecule has 0 aliphatic rings. The Morgan fingerprint density at radius 3 is 2.76 bits per heavy atom. The van der Waals surface area contributed by atoms with Crippen molar-refractivity contribution < 1.29 is 9.18 Å². The third-order valence-electron chi connectivity index (χ3n) is 2.30. The van der Waals surface area contributed by atoms with Gasteiger partial charge in [0.15, 0.2) is 0 Å². The zero-order chi connectivity index (χ0) is 12.8. The van der Waals surface area contributed by atoms with Crippen LogP contribution in [0, 0.1) is 17.1 Å². The fourth-order valence-corrected chi connectivity index (χ4v) is 1.41. The number of amides is 1. The summed E-state index contributed by atoms with van der Waals surface area (Å²) in [6, 6.07) is 4.51. The van der Waals surface area contributed by atoms with Crippen LogP contribution in [0.2, 0.25) is 0 Å². The van der Waals surface area contributed by atoms with Crippen LogP contribution in [-0.4, -0.2) is 28.4 Å². The van der Waals surface area contributed by atoms with Crippen LogP contribution in [0.15, 0.2) is 18.3 Å². The number of hydrogen-bond donors (Lipinski definition) is 0. The van der Waals surface area contributed by atoms with Crippen LogP contribution in [-0.2, 0) is 0 Å². The Bertz CT molecular complexity index is 422. The molecule has 0 aliphatic carbocycles. The molecule has 0 fully saturated rings. The van der Waals surface area contributed by atoms with Gasteiger partial charge in [0.2, 0.25) is 0 Å². The minimum Gasteiger partial charge on any atom is -0.334 e. The van der Waals surface area contributed by atoms with E-state index in [1.54, 1.807) is 4.90 Å². The van der Waals surface area contributed by atoms with E-state index in [-0.39, 0.29) is 24.1 Å². The second-order valence-corrected chi connectivity index (χ2v) is 3.86. The predicted octanol–water partition coefficient (Wildman–Crippen LogP) is 1.98. The molecule has 1 amide bonds. The molecule has 1 rings (SSSR count). The first-order valence-corrected chi connectivity index (χ1v) is 5.35. The molecule has 0 aliphatic heterocycles. The predicted molar refractivity (Wildman–Crippen MR) is 60.6 cm³/mol. The third kappa shape index (κ3) is 3.52. The molecular formula is C12H14FN3O. The van der Waals surface area contributed by atoms with Crippen molar-refractivity contribution in [1.29, 1.82) is 5.26 Å². The van der Waals surface area contributed by atoms with Crippen molar-refractivity contribution in [2.24, 2.45) is 0 Å². The summed E-state index contributed by atoms with van der Waals surface area (Å²) in [7, 11) is 0. The first-order valence-electron chi connectivity index (χ1n) is 5.35. The molecule has 0 aromatic carbocycles. The van der Waals surface area contributed by atoms with E-state index in [0.29, 0.717) is 6.54 Å². The normalized spacial score (nSPS) is 10.1. The molecule has 17 heavy (non-hydrogen) atoms. The molecule has 0 bridgehead atoms. The molecule has 1 aromatic heterocycles. The van der Waals surface area contributed by atoms with Crippen LogP contribution in [0.4, 0.5) is 4.39 Å². The smallest absolute Gasteiger partial charge is 0.272 e. The highest BCUT2D eigenvalue weighted by Gasteiger charge is 2.19. The van der Waals surface area contributed by atoms with Gasteiger partial charge in [-0.2, -0.15) is 5.26 Å². The topological polar surface area (TPSA) is 57.0 Å². The molecule has 4 nitrogen and oxygen atoms in total. The number of halogens is 1. The Labute approximate surface area is 99.7 Å². The van der Waals surface area contributed by atoms with Crippen LogP contribution < -0.4 is 0 Å². The number of rotatable bonds is 4. The van der Waals surface area contributed by atoms with E-state index in [4.69, 9.17) is 5.26 Å². The summed E-state index contributed by atoms with van der Waals surface area (Å²) in [5, 5.41) is 8.53. The van der Waals surface area contributed by atoms with Crippen LogP contribution in [0.5, 0.6) is 0 Å². The van der Waals surface area contributed by atoms with E-state index in [9.17, 15) is 9.18 Å². The lowest BCUT2D eigenvalue weighted by atomic mass is 10.2. The first kappa shape index (κ1) is 13.1. The largest absolute Gasteiger partial charge is 0.334 e. The fourth-order valence-electron chi connectivity index (χ4n) is 1.41. The molecule has 0 spiro atoms. The SMILES string of the molecule is CC(C)N(CCC#N)C(=O)c1ccc(F)cn1. The maximum absolute atomic E-state index is 12.7. The van der Waals surface area contributed by atoms with Gasteiger partial charge in [0.05, 0.1) is 18.7 Å². The molecule has 0 radical (unpaired) electrons. The standard InChI is InChI=1S/C12H14FN3O/c1-9(2)16(7-3-6-14)12(17)11-5-4-10(13)8-15-11/h4-5,8-9H,3,7H2,1-2H3. The number of carbonyl (C=O) groups excluding carboxylic acids is 1. The van der Waals surface area contributed by atoms with Gasteiger partial charge in [-0.3, -0.25) is 4.79 Å². The summed E-state index contributed by atoms with van der Waals surface area (Å²) >= 11 is 0. The number of aromatic nitrogens is 1. The van der Waals surface area contributed by atoms with Crippen molar-refractivity contribution in [3.8, 4) is 6.07 Å². The van der Waals surface area contributed by atoms with Crippen molar-refractivity contribution in [3.05, 3.63) is 29.8 Å². The lowest BCUT2D eigenvalue weighted by Gasteiger charge is -2.25. The van der Waals surface area contributed by atoms with E-state index in [1.165, 1.54) is 12.1 Å². The molecular weight excluding hydrogens is 221 g/mol. The summed E-state index contributed by atoms with van der Waals surface area (Å²) in [4.78, 5) is 17.3. The zero-order valence-corrected chi connectivity index (χ0v) is 9.85. The van der Waals surface area contributed by atoms with Gasteiger partial charge in [0.1, 0.15) is 11.5 Å². The Morgan fingerprint density at radius 2 is 2.29 bits per heavy atom. The summed E-state index contributed by atoms with van der Waals surface area (Å²) < 4.78 is 12.7. The van der Waals surface area contributed by atoms with Crippen molar-refractivity contribution in [1.82, 2.24) is 9.88 Å². The van der Waals surface area contributed by atoms with E-state index in [2.05, 4.69) is 4.98 Å². The average Bonchev–Trinajstić information content (AvgIpc) is 2.29. The lowest BCUT2D eigenvalue weighted by Crippen LogP contribution is -2.38. The van der Waals surface area contributed by atoms with Crippen LogP contribution in [0.25, 0.3) is 0 Å². The molecule has 1 heterocycles. The van der Waals surface area contributed by atoms with Crippen LogP contribution in [0.3, 0.4) is 0 Å². The summed E-state index contributed by atoms with van der Waals surface area (Å²) in [6.45, 7) is 4.07. The monoisotopic (exact) mass is 235 g/mol. The van der Waals surface area contributed by atoms with Gasteiger partial charge in [-0.15, -0.1) is 0 Å². The number of nitriles is 1. The van der Waals surface area contributed by atoms with E-state index in [1.807, 2.05) is 19.9 Å². The fraction of sp³-hybridized carbons (Fsp3) is 0.417. The zero-order valence-electron chi connectivity index (χ0n) is 9.85. The van der Waals surface area contributed by atoms with Crippen molar-refractivity contribution in [3.63, 3.8) is 0 Å². The molecule has 0 saturated carbocycles. The van der Waals surface area contributed by atoms with Gasteiger partial charge >= 0.3 is 0 Å². The maximum atomic E-state index is 12.7. The van der Waals surface area contributed by atoms with Gasteiger partial charge in [0.25, 0.3) is 5.91 Å².